The van der Waals surface area contributed by atoms with E-state index in [1.807, 2.05) is 0 Å². The molecule has 6 heteroatoms. The lowest BCUT2D eigenvalue weighted by atomic mass is 10.0. The molecule has 49 heavy (non-hydrogen) atoms. The maximum absolute atomic E-state index is 12.4. The molecule has 0 rings (SSSR count). The van der Waals surface area contributed by atoms with Crippen LogP contribution in [0.15, 0.2) is 23.3 Å². The van der Waals surface area contributed by atoms with Crippen LogP contribution in [0, 0.1) is 0 Å². The lowest BCUT2D eigenvalue weighted by Gasteiger charge is -2.22. The van der Waals surface area contributed by atoms with Crippen molar-refractivity contribution in [3.63, 3.8) is 0 Å². The van der Waals surface area contributed by atoms with Gasteiger partial charge in [-0.25, -0.2) is 9.59 Å². The molecule has 0 radical (unpaired) electrons. The van der Waals surface area contributed by atoms with Crippen molar-refractivity contribution in [2.75, 3.05) is 39.5 Å². The molecule has 6 nitrogen and oxygen atoms in total. The Morgan fingerprint density at radius 3 is 1.20 bits per heavy atom. The van der Waals surface area contributed by atoms with E-state index in [2.05, 4.69) is 32.6 Å². The van der Waals surface area contributed by atoms with E-state index in [4.69, 9.17) is 9.47 Å². The van der Waals surface area contributed by atoms with Gasteiger partial charge in [-0.3, -0.25) is 0 Å². The minimum Gasteiger partial charge on any atom is -0.463 e. The average molecular weight is 692 g/mol. The molecule has 0 aliphatic rings. The summed E-state index contributed by atoms with van der Waals surface area (Å²) in [5.41, 5.74) is 2.52. The van der Waals surface area contributed by atoms with E-state index in [9.17, 15) is 14.7 Å². The largest absolute Gasteiger partial charge is 0.463 e. The van der Waals surface area contributed by atoms with Gasteiger partial charge in [0.1, 0.15) is 0 Å². The van der Waals surface area contributed by atoms with E-state index in [0.29, 0.717) is 13.2 Å². The molecule has 0 saturated carbocycles. The van der Waals surface area contributed by atoms with Crippen molar-refractivity contribution in [3.8, 4) is 0 Å². The number of hydrogen-bond acceptors (Lipinski definition) is 6. The fourth-order valence-electron chi connectivity index (χ4n) is 6.23. The Bertz CT molecular complexity index is 746. The van der Waals surface area contributed by atoms with Gasteiger partial charge in [0.2, 0.25) is 0 Å². The fraction of sp³-hybridized carbons (Fsp3) is 0.860. The van der Waals surface area contributed by atoms with Crippen LogP contribution < -0.4 is 0 Å². The first-order chi connectivity index (χ1) is 24.0. The highest BCUT2D eigenvalue weighted by atomic mass is 16.5. The highest BCUT2D eigenvalue weighted by Crippen LogP contribution is 2.18. The first-order valence-electron chi connectivity index (χ1n) is 21.1. The standard InChI is InChI=1S/C43H81NO5/c1-5-9-13-15-21-30-40(28-11-7-3)38-42(46)48-36-25-19-17-23-32-44(34-27-35-45)33-24-18-20-26-37-49-43(47)39-41(29-12-8-4)31-22-16-14-10-6-2/h38-39,45H,5-37H2,1-4H3/b40-38+,41-39+. The number of unbranched alkanes of at least 4 members (excludes halogenated alkanes) is 16. The average Bonchev–Trinajstić information content (AvgIpc) is 3.10. The van der Waals surface area contributed by atoms with Crippen LogP contribution in [0.25, 0.3) is 0 Å². The highest BCUT2D eigenvalue weighted by Gasteiger charge is 2.08. The minimum atomic E-state index is -0.162. The van der Waals surface area contributed by atoms with Crippen molar-refractivity contribution in [1.82, 2.24) is 4.90 Å². The quantitative estimate of drug-likeness (QED) is 0.0397. The van der Waals surface area contributed by atoms with Crippen LogP contribution in [0.5, 0.6) is 0 Å². The van der Waals surface area contributed by atoms with E-state index in [-0.39, 0.29) is 18.5 Å². The lowest BCUT2D eigenvalue weighted by molar-refractivity contribution is -0.138. The molecular weight excluding hydrogens is 610 g/mol. The zero-order valence-electron chi connectivity index (χ0n) is 33.0. The molecule has 0 spiro atoms. The molecule has 0 fully saturated rings. The summed E-state index contributed by atoms with van der Waals surface area (Å²) in [6.45, 7) is 13.1. The first-order valence-corrected chi connectivity index (χ1v) is 21.1. The van der Waals surface area contributed by atoms with Gasteiger partial charge in [-0.05, 0) is 96.6 Å². The van der Waals surface area contributed by atoms with Crippen molar-refractivity contribution in [3.05, 3.63) is 23.3 Å². The van der Waals surface area contributed by atoms with Gasteiger partial charge in [0.05, 0.1) is 13.2 Å². The molecule has 0 saturated heterocycles. The topological polar surface area (TPSA) is 76.1 Å². The Balaban J connectivity index is 4.20. The molecule has 0 unspecified atom stereocenters. The number of nitrogens with zero attached hydrogens (tertiary/aromatic N) is 1. The number of esters is 2. The third kappa shape index (κ3) is 33.3. The van der Waals surface area contributed by atoms with Crippen LogP contribution in [-0.4, -0.2) is 61.4 Å². The van der Waals surface area contributed by atoms with Crippen molar-refractivity contribution in [2.45, 2.75) is 201 Å². The lowest BCUT2D eigenvalue weighted by Crippen LogP contribution is -2.28. The third-order valence-corrected chi connectivity index (χ3v) is 9.41. The number of ether oxygens (including phenoxy) is 2. The van der Waals surface area contributed by atoms with Gasteiger partial charge in [-0.15, -0.1) is 0 Å². The van der Waals surface area contributed by atoms with Gasteiger partial charge < -0.3 is 19.5 Å². The van der Waals surface area contributed by atoms with Gasteiger partial charge in [-0.2, -0.15) is 0 Å². The van der Waals surface area contributed by atoms with Crippen molar-refractivity contribution in [1.29, 1.82) is 0 Å². The molecule has 0 aliphatic carbocycles. The fourth-order valence-corrected chi connectivity index (χ4v) is 6.23. The highest BCUT2D eigenvalue weighted by molar-refractivity contribution is 5.83. The summed E-state index contributed by atoms with van der Waals surface area (Å²) >= 11 is 0. The predicted octanol–water partition coefficient (Wildman–Crippen LogP) is 11.8. The molecule has 0 aromatic heterocycles. The van der Waals surface area contributed by atoms with Crippen LogP contribution in [0.2, 0.25) is 0 Å². The zero-order valence-corrected chi connectivity index (χ0v) is 33.0. The second-order valence-corrected chi connectivity index (χ2v) is 14.2. The monoisotopic (exact) mass is 692 g/mol. The summed E-state index contributed by atoms with van der Waals surface area (Å²) in [5, 5.41) is 9.37. The number of aliphatic hydroxyl groups excluding tert-OH is 1. The summed E-state index contributed by atoms with van der Waals surface area (Å²) in [4.78, 5) is 27.3. The number of carbonyl (C=O) groups is 2. The van der Waals surface area contributed by atoms with Crippen LogP contribution in [0.4, 0.5) is 0 Å². The van der Waals surface area contributed by atoms with Gasteiger partial charge in [0.25, 0.3) is 0 Å². The maximum atomic E-state index is 12.4. The van der Waals surface area contributed by atoms with Crippen LogP contribution >= 0.6 is 0 Å². The molecule has 0 aliphatic heterocycles. The molecule has 0 heterocycles. The number of hydrogen-bond donors (Lipinski definition) is 1. The molecule has 1 N–H and O–H groups in total. The Labute approximate surface area is 304 Å². The van der Waals surface area contributed by atoms with Crippen molar-refractivity contribution >= 4 is 11.9 Å². The van der Waals surface area contributed by atoms with Gasteiger partial charge >= 0.3 is 11.9 Å². The number of allylic oxidation sites excluding steroid dienone is 2. The third-order valence-electron chi connectivity index (χ3n) is 9.41. The van der Waals surface area contributed by atoms with Crippen LogP contribution in [-0.2, 0) is 19.1 Å². The normalized spacial score (nSPS) is 12.2. The molecule has 0 aromatic rings. The predicted molar refractivity (Wildman–Crippen MR) is 209 cm³/mol. The summed E-state index contributed by atoms with van der Waals surface area (Å²) in [6.07, 6.45) is 34.0. The zero-order chi connectivity index (χ0) is 36.0. The first kappa shape index (κ1) is 47.3. The van der Waals surface area contributed by atoms with E-state index in [0.717, 1.165) is 129 Å². The van der Waals surface area contributed by atoms with Crippen molar-refractivity contribution < 1.29 is 24.2 Å². The Morgan fingerprint density at radius 2 is 0.796 bits per heavy atom. The molecule has 0 amide bonds. The Hall–Kier alpha value is -1.66. The molecule has 0 aromatic carbocycles. The Morgan fingerprint density at radius 1 is 0.449 bits per heavy atom. The van der Waals surface area contributed by atoms with Crippen molar-refractivity contribution in [2.24, 2.45) is 0 Å². The Kier molecular flexibility index (Phi) is 36.3. The van der Waals surface area contributed by atoms with Crippen LogP contribution in [0.1, 0.15) is 201 Å². The van der Waals surface area contributed by atoms with E-state index in [1.54, 1.807) is 12.2 Å². The molecular formula is C43H81NO5. The summed E-state index contributed by atoms with van der Waals surface area (Å²) in [7, 11) is 0. The molecule has 0 atom stereocenters. The second-order valence-electron chi connectivity index (χ2n) is 14.2. The van der Waals surface area contributed by atoms with E-state index >= 15 is 0 Å². The van der Waals surface area contributed by atoms with Gasteiger partial charge in [-0.1, -0.05) is 129 Å². The van der Waals surface area contributed by atoms with Crippen LogP contribution in [0.3, 0.4) is 0 Å². The SMILES string of the molecule is CCCCCCC/C(=C/C(=O)OCCCCCCN(CCCO)CCCCCCOC(=O)/C=C(\CCCC)CCCCCCC)CCCC. The van der Waals surface area contributed by atoms with E-state index < -0.39 is 0 Å². The van der Waals surface area contributed by atoms with E-state index in [1.165, 1.54) is 75.4 Å². The maximum Gasteiger partial charge on any atom is 0.330 e. The number of aliphatic hydroxyl groups is 1. The molecule has 288 valence electrons. The summed E-state index contributed by atoms with van der Waals surface area (Å²) < 4.78 is 11.1. The summed E-state index contributed by atoms with van der Waals surface area (Å²) in [5.74, 6) is -0.324. The van der Waals surface area contributed by atoms with Gasteiger partial charge in [0, 0.05) is 25.3 Å². The smallest absolute Gasteiger partial charge is 0.330 e. The van der Waals surface area contributed by atoms with Gasteiger partial charge in [0.15, 0.2) is 0 Å². The second kappa shape index (κ2) is 37.6. The minimum absolute atomic E-state index is 0.162. The molecule has 0 bridgehead atoms. The summed E-state index contributed by atoms with van der Waals surface area (Å²) in [6, 6.07) is 0. The number of carbonyl (C=O) groups excluding carboxylic acids is 2. The number of rotatable bonds is 37.